The van der Waals surface area contributed by atoms with Crippen molar-refractivity contribution in [2.24, 2.45) is 0 Å². The molecular formula is C12H8N2OS. The van der Waals surface area contributed by atoms with Gasteiger partial charge in [0.25, 0.3) is 0 Å². The van der Waals surface area contributed by atoms with Crippen molar-refractivity contribution in [3.8, 4) is 21.0 Å². The fourth-order valence-electron chi connectivity index (χ4n) is 1.49. The zero-order chi connectivity index (χ0) is 10.8. The van der Waals surface area contributed by atoms with E-state index < -0.39 is 0 Å². The lowest BCUT2D eigenvalue weighted by atomic mass is 10.2. The Morgan fingerprint density at radius 1 is 0.938 bits per heavy atom. The van der Waals surface area contributed by atoms with Crippen LogP contribution in [-0.4, -0.2) is 10.1 Å². The Bertz CT molecular complexity index is 572. The monoisotopic (exact) mass is 228 g/mol. The molecule has 3 nitrogen and oxygen atoms in total. The van der Waals surface area contributed by atoms with Gasteiger partial charge in [-0.25, -0.2) is 0 Å². The largest absolute Gasteiger partial charge is 0.364 e. The molecule has 0 bridgehead atoms. The molecule has 0 unspecified atom stereocenters. The number of rotatable bonds is 2. The van der Waals surface area contributed by atoms with E-state index in [1.807, 2.05) is 18.2 Å². The Morgan fingerprint density at radius 2 is 1.75 bits per heavy atom. The van der Waals surface area contributed by atoms with E-state index in [-0.39, 0.29) is 0 Å². The molecule has 0 aliphatic rings. The van der Waals surface area contributed by atoms with E-state index in [1.165, 1.54) is 10.4 Å². The zero-order valence-corrected chi connectivity index (χ0v) is 9.15. The molecule has 0 aliphatic heterocycles. The highest BCUT2D eigenvalue weighted by Crippen LogP contribution is 2.33. The van der Waals surface area contributed by atoms with Gasteiger partial charge in [0.05, 0.1) is 4.88 Å². The third-order valence-electron chi connectivity index (χ3n) is 2.26. The summed E-state index contributed by atoms with van der Waals surface area (Å²) in [4.78, 5) is 6.33. The van der Waals surface area contributed by atoms with E-state index in [4.69, 9.17) is 4.52 Å². The molecule has 0 spiro atoms. The van der Waals surface area contributed by atoms with Crippen molar-refractivity contribution in [1.82, 2.24) is 10.1 Å². The molecule has 0 saturated heterocycles. The fraction of sp³-hybridized carbons (Fsp3) is 0. The summed E-state index contributed by atoms with van der Waals surface area (Å²) >= 11 is 1.69. The number of hydrogen-bond donors (Lipinski definition) is 0. The van der Waals surface area contributed by atoms with Crippen molar-refractivity contribution in [3.05, 3.63) is 49.0 Å². The summed E-state index contributed by atoms with van der Waals surface area (Å²) in [5.41, 5.74) is 2.06. The second-order valence-corrected chi connectivity index (χ2v) is 4.37. The van der Waals surface area contributed by atoms with Crippen LogP contribution in [0.15, 0.2) is 53.5 Å². The Balaban J connectivity index is 2.00. The molecule has 16 heavy (non-hydrogen) atoms. The molecule has 0 radical (unpaired) electrons. The van der Waals surface area contributed by atoms with Crippen molar-refractivity contribution >= 4 is 11.3 Å². The molecule has 4 heteroatoms. The van der Waals surface area contributed by atoms with Crippen molar-refractivity contribution in [2.75, 3.05) is 0 Å². The zero-order valence-electron chi connectivity index (χ0n) is 8.33. The molecule has 0 atom stereocenters. The fourth-order valence-corrected chi connectivity index (χ4v) is 2.46. The van der Waals surface area contributed by atoms with Gasteiger partial charge in [0.1, 0.15) is 12.0 Å². The van der Waals surface area contributed by atoms with Crippen molar-refractivity contribution < 1.29 is 4.52 Å². The normalized spacial score (nSPS) is 10.5. The van der Waals surface area contributed by atoms with Crippen LogP contribution in [-0.2, 0) is 0 Å². The van der Waals surface area contributed by atoms with Gasteiger partial charge in [0.2, 0.25) is 0 Å². The molecule has 3 aromatic rings. The lowest BCUT2D eigenvalue weighted by Gasteiger charge is -1.93. The van der Waals surface area contributed by atoms with Gasteiger partial charge >= 0.3 is 0 Å². The van der Waals surface area contributed by atoms with E-state index in [2.05, 4.69) is 22.3 Å². The summed E-state index contributed by atoms with van der Waals surface area (Å²) < 4.78 is 4.83. The van der Waals surface area contributed by atoms with Crippen LogP contribution in [0.4, 0.5) is 0 Å². The molecule has 0 saturated carbocycles. The van der Waals surface area contributed by atoms with Gasteiger partial charge in [-0.15, -0.1) is 11.3 Å². The molecule has 78 valence electrons. The van der Waals surface area contributed by atoms with Gasteiger partial charge in [-0.1, -0.05) is 5.16 Å². The van der Waals surface area contributed by atoms with Crippen LogP contribution in [0.5, 0.6) is 0 Å². The summed E-state index contributed by atoms with van der Waals surface area (Å²) in [6.07, 6.45) is 5.18. The SMILES string of the molecule is c1cc(-c2ccc(-c3ccon3)s2)ccn1. The van der Waals surface area contributed by atoms with Gasteiger partial charge in [-0.3, -0.25) is 4.98 Å². The summed E-state index contributed by atoms with van der Waals surface area (Å²) in [6, 6.07) is 10.0. The lowest BCUT2D eigenvalue weighted by molar-refractivity contribution is 0.422. The second kappa shape index (κ2) is 3.90. The molecule has 0 aliphatic carbocycles. The molecule has 0 amide bonds. The quantitative estimate of drug-likeness (QED) is 0.674. The molecule has 0 N–H and O–H groups in total. The average molecular weight is 228 g/mol. The molecular weight excluding hydrogens is 220 g/mol. The minimum Gasteiger partial charge on any atom is -0.364 e. The molecule has 3 aromatic heterocycles. The maximum absolute atomic E-state index is 4.83. The van der Waals surface area contributed by atoms with Gasteiger partial charge in [0.15, 0.2) is 0 Å². The topological polar surface area (TPSA) is 38.9 Å². The molecule has 3 rings (SSSR count). The summed E-state index contributed by atoms with van der Waals surface area (Å²) in [5, 5.41) is 3.92. The Hall–Kier alpha value is -1.94. The molecule has 0 aromatic carbocycles. The third kappa shape index (κ3) is 1.63. The summed E-state index contributed by atoms with van der Waals surface area (Å²) in [7, 11) is 0. The number of thiophene rings is 1. The standard InChI is InChI=1S/C12H8N2OS/c1-2-12(10-5-8-15-14-10)16-11(1)9-3-6-13-7-4-9/h1-8H. The highest BCUT2D eigenvalue weighted by molar-refractivity contribution is 7.18. The first-order chi connectivity index (χ1) is 7.93. The highest BCUT2D eigenvalue weighted by atomic mass is 32.1. The first kappa shape index (κ1) is 9.30. The van der Waals surface area contributed by atoms with Crippen LogP contribution in [0.1, 0.15) is 0 Å². The maximum atomic E-state index is 4.83. The van der Waals surface area contributed by atoms with Crippen LogP contribution in [0.25, 0.3) is 21.0 Å². The molecule has 3 heterocycles. The van der Waals surface area contributed by atoms with E-state index in [0.717, 1.165) is 10.6 Å². The first-order valence-corrected chi connectivity index (χ1v) is 5.66. The van der Waals surface area contributed by atoms with Crippen LogP contribution >= 0.6 is 11.3 Å². The Morgan fingerprint density at radius 3 is 2.50 bits per heavy atom. The number of aromatic nitrogens is 2. The Labute approximate surface area is 96.4 Å². The lowest BCUT2D eigenvalue weighted by Crippen LogP contribution is -1.71. The maximum Gasteiger partial charge on any atom is 0.124 e. The Kier molecular flexibility index (Phi) is 2.27. The van der Waals surface area contributed by atoms with Crippen LogP contribution in [0, 0.1) is 0 Å². The minimum absolute atomic E-state index is 0.880. The first-order valence-electron chi connectivity index (χ1n) is 4.84. The van der Waals surface area contributed by atoms with Gasteiger partial charge in [-0.2, -0.15) is 0 Å². The predicted octanol–water partition coefficient (Wildman–Crippen LogP) is 3.47. The summed E-state index contributed by atoms with van der Waals surface area (Å²) in [5.74, 6) is 0. The van der Waals surface area contributed by atoms with Gasteiger partial charge < -0.3 is 4.52 Å². The third-order valence-corrected chi connectivity index (χ3v) is 3.42. The highest BCUT2D eigenvalue weighted by Gasteiger charge is 2.06. The second-order valence-electron chi connectivity index (χ2n) is 3.28. The van der Waals surface area contributed by atoms with Gasteiger partial charge in [0, 0.05) is 23.3 Å². The van der Waals surface area contributed by atoms with Gasteiger partial charge in [-0.05, 0) is 29.8 Å². The summed E-state index contributed by atoms with van der Waals surface area (Å²) in [6.45, 7) is 0. The minimum atomic E-state index is 0.880. The smallest absolute Gasteiger partial charge is 0.124 e. The molecule has 0 fully saturated rings. The predicted molar refractivity (Wildman–Crippen MR) is 63.0 cm³/mol. The number of pyridine rings is 1. The van der Waals surface area contributed by atoms with E-state index in [0.29, 0.717) is 0 Å². The van der Waals surface area contributed by atoms with Crippen LogP contribution in [0.2, 0.25) is 0 Å². The number of hydrogen-bond acceptors (Lipinski definition) is 4. The van der Waals surface area contributed by atoms with E-state index >= 15 is 0 Å². The van der Waals surface area contributed by atoms with E-state index in [1.54, 1.807) is 30.0 Å². The van der Waals surface area contributed by atoms with Crippen molar-refractivity contribution in [1.29, 1.82) is 0 Å². The van der Waals surface area contributed by atoms with Crippen LogP contribution in [0.3, 0.4) is 0 Å². The van der Waals surface area contributed by atoms with Crippen LogP contribution < -0.4 is 0 Å². The average Bonchev–Trinajstić information content (AvgIpc) is 3.01. The van der Waals surface area contributed by atoms with Crippen molar-refractivity contribution in [2.45, 2.75) is 0 Å². The van der Waals surface area contributed by atoms with Crippen molar-refractivity contribution in [3.63, 3.8) is 0 Å². The van der Waals surface area contributed by atoms with E-state index in [9.17, 15) is 0 Å². The number of nitrogens with zero attached hydrogens (tertiary/aromatic N) is 2.